The zero-order chi connectivity index (χ0) is 22.0. The normalized spacial score (nSPS) is 20.8. The molecular formula is C23H37NO4Si. The number of rotatable bonds is 5. The lowest BCUT2D eigenvalue weighted by atomic mass is 9.96. The van der Waals surface area contributed by atoms with Gasteiger partial charge >= 0.3 is 6.09 Å². The van der Waals surface area contributed by atoms with Crippen molar-refractivity contribution in [2.75, 3.05) is 6.61 Å². The maximum absolute atomic E-state index is 13.1. The van der Waals surface area contributed by atoms with Crippen molar-refractivity contribution in [1.82, 2.24) is 4.90 Å². The Morgan fingerprint density at radius 2 is 1.69 bits per heavy atom. The van der Waals surface area contributed by atoms with Crippen LogP contribution in [-0.2, 0) is 20.4 Å². The highest BCUT2D eigenvalue weighted by atomic mass is 28.4. The number of hydrogen-bond donors (Lipinski definition) is 0. The molecule has 6 heteroatoms. The molecule has 162 valence electrons. The summed E-state index contributed by atoms with van der Waals surface area (Å²) in [6, 6.07) is 9.65. The van der Waals surface area contributed by atoms with Gasteiger partial charge in [-0.1, -0.05) is 51.1 Å². The van der Waals surface area contributed by atoms with Gasteiger partial charge in [0.15, 0.2) is 8.32 Å². The van der Waals surface area contributed by atoms with Crippen molar-refractivity contribution in [3.63, 3.8) is 0 Å². The number of benzene rings is 1. The summed E-state index contributed by atoms with van der Waals surface area (Å²) >= 11 is 0. The quantitative estimate of drug-likeness (QED) is 0.599. The fourth-order valence-electron chi connectivity index (χ4n) is 3.19. The summed E-state index contributed by atoms with van der Waals surface area (Å²) in [6.45, 7) is 16.7. The molecule has 2 amide bonds. The van der Waals surface area contributed by atoms with Crippen LogP contribution in [0, 0.1) is 5.92 Å². The van der Waals surface area contributed by atoms with Gasteiger partial charge < -0.3 is 9.16 Å². The first-order valence-electron chi connectivity index (χ1n) is 10.5. The third-order valence-electron chi connectivity index (χ3n) is 5.87. The Labute approximate surface area is 176 Å². The molecule has 0 aliphatic carbocycles. The molecule has 1 aliphatic rings. The number of imide groups is 1. The SMILES string of the molecule is CC(C)(C)OC(=O)N1C(=O)[C@H](Cc2ccccc2)C[C@H]1CO[Si](C)(C)C(C)(C)C. The summed E-state index contributed by atoms with van der Waals surface area (Å²) < 4.78 is 11.9. The molecule has 1 heterocycles. The first-order chi connectivity index (χ1) is 13.2. The molecule has 1 aromatic rings. The van der Waals surface area contributed by atoms with Crippen LogP contribution in [0.1, 0.15) is 53.5 Å². The van der Waals surface area contributed by atoms with E-state index < -0.39 is 20.0 Å². The second-order valence-electron chi connectivity index (χ2n) is 10.5. The molecule has 0 N–H and O–H groups in total. The Hall–Kier alpha value is -1.66. The Morgan fingerprint density at radius 3 is 2.21 bits per heavy atom. The Morgan fingerprint density at radius 1 is 1.10 bits per heavy atom. The fourth-order valence-corrected chi connectivity index (χ4v) is 4.24. The molecule has 0 radical (unpaired) electrons. The van der Waals surface area contributed by atoms with Crippen molar-refractivity contribution in [1.29, 1.82) is 0 Å². The largest absolute Gasteiger partial charge is 0.443 e. The van der Waals surface area contributed by atoms with Gasteiger partial charge in [0.25, 0.3) is 0 Å². The van der Waals surface area contributed by atoms with Crippen LogP contribution in [-0.4, -0.2) is 43.5 Å². The van der Waals surface area contributed by atoms with Gasteiger partial charge in [-0.25, -0.2) is 9.69 Å². The van der Waals surface area contributed by atoms with Gasteiger partial charge in [-0.2, -0.15) is 0 Å². The molecule has 1 saturated heterocycles. The first-order valence-corrected chi connectivity index (χ1v) is 13.4. The van der Waals surface area contributed by atoms with Gasteiger partial charge in [0.2, 0.25) is 5.91 Å². The molecule has 2 atom stereocenters. The molecule has 1 aliphatic heterocycles. The minimum absolute atomic E-state index is 0.0653. The van der Waals surface area contributed by atoms with Crippen LogP contribution >= 0.6 is 0 Å². The van der Waals surface area contributed by atoms with Crippen molar-refractivity contribution in [2.24, 2.45) is 5.92 Å². The molecule has 0 spiro atoms. The summed E-state index contributed by atoms with van der Waals surface area (Å²) in [5.41, 5.74) is 0.445. The van der Waals surface area contributed by atoms with Gasteiger partial charge in [0, 0.05) is 5.92 Å². The predicted molar refractivity (Wildman–Crippen MR) is 118 cm³/mol. The maximum Gasteiger partial charge on any atom is 0.417 e. The van der Waals surface area contributed by atoms with Gasteiger partial charge in [0.1, 0.15) is 5.60 Å². The van der Waals surface area contributed by atoms with Crippen LogP contribution < -0.4 is 0 Å². The Kier molecular flexibility index (Phi) is 7.00. The molecule has 0 saturated carbocycles. The van der Waals surface area contributed by atoms with E-state index in [2.05, 4.69) is 33.9 Å². The molecule has 1 fully saturated rings. The zero-order valence-electron chi connectivity index (χ0n) is 19.2. The summed E-state index contributed by atoms with van der Waals surface area (Å²) in [5, 5.41) is 0.0653. The molecule has 0 unspecified atom stereocenters. The van der Waals surface area contributed by atoms with Crippen molar-refractivity contribution in [3.05, 3.63) is 35.9 Å². The van der Waals surface area contributed by atoms with E-state index in [-0.39, 0.29) is 22.9 Å². The fraction of sp³-hybridized carbons (Fsp3) is 0.652. The third-order valence-corrected chi connectivity index (χ3v) is 10.4. The Balaban J connectivity index is 2.20. The van der Waals surface area contributed by atoms with E-state index in [9.17, 15) is 9.59 Å². The standard InChI is InChI=1S/C23H37NO4Si/c1-22(2,3)28-21(26)24-19(16-27-29(7,8)23(4,5)6)15-18(20(24)25)14-17-12-10-9-11-13-17/h9-13,18-19H,14-16H2,1-8H3/t18-,19+/m1/s1. The van der Waals surface area contributed by atoms with E-state index in [1.165, 1.54) is 4.90 Å². The first kappa shape index (κ1) is 23.6. The monoisotopic (exact) mass is 419 g/mol. The molecule has 0 bridgehead atoms. The summed E-state index contributed by atoms with van der Waals surface area (Å²) in [7, 11) is -1.99. The van der Waals surface area contributed by atoms with E-state index >= 15 is 0 Å². The van der Waals surface area contributed by atoms with Crippen molar-refractivity contribution in [2.45, 2.75) is 84.2 Å². The van der Waals surface area contributed by atoms with Gasteiger partial charge in [0.05, 0.1) is 12.6 Å². The lowest BCUT2D eigenvalue weighted by Gasteiger charge is -2.37. The molecular weight excluding hydrogens is 382 g/mol. The van der Waals surface area contributed by atoms with E-state index in [4.69, 9.17) is 9.16 Å². The van der Waals surface area contributed by atoms with Crippen LogP contribution in [0.25, 0.3) is 0 Å². The second kappa shape index (κ2) is 8.60. The number of amides is 2. The molecule has 2 rings (SSSR count). The molecule has 5 nitrogen and oxygen atoms in total. The van der Waals surface area contributed by atoms with Gasteiger partial charge in [-0.15, -0.1) is 0 Å². The number of nitrogens with zero attached hydrogens (tertiary/aromatic N) is 1. The average Bonchev–Trinajstić information content (AvgIpc) is 2.87. The van der Waals surface area contributed by atoms with E-state index in [1.807, 2.05) is 51.1 Å². The summed E-state index contributed by atoms with van der Waals surface area (Å²) in [4.78, 5) is 27.3. The Bertz CT molecular complexity index is 719. The van der Waals surface area contributed by atoms with Gasteiger partial charge in [-0.3, -0.25) is 4.79 Å². The van der Waals surface area contributed by atoms with E-state index in [0.29, 0.717) is 19.4 Å². The topological polar surface area (TPSA) is 55.8 Å². The van der Waals surface area contributed by atoms with E-state index in [0.717, 1.165) is 5.56 Å². The van der Waals surface area contributed by atoms with Crippen LogP contribution in [0.3, 0.4) is 0 Å². The number of carbonyl (C=O) groups is 2. The molecule has 1 aromatic carbocycles. The number of likely N-dealkylation sites (tertiary alicyclic amines) is 1. The third kappa shape index (κ3) is 6.16. The minimum Gasteiger partial charge on any atom is -0.443 e. The average molecular weight is 420 g/mol. The highest BCUT2D eigenvalue weighted by molar-refractivity contribution is 6.74. The van der Waals surface area contributed by atoms with Crippen LogP contribution in [0.2, 0.25) is 18.1 Å². The second-order valence-corrected chi connectivity index (χ2v) is 15.3. The predicted octanol–water partition coefficient (Wildman–Crippen LogP) is 5.40. The number of carbonyl (C=O) groups excluding carboxylic acids is 2. The van der Waals surface area contributed by atoms with Crippen LogP contribution in [0.4, 0.5) is 4.79 Å². The lowest BCUT2D eigenvalue weighted by molar-refractivity contribution is -0.131. The highest BCUT2D eigenvalue weighted by Crippen LogP contribution is 2.38. The van der Waals surface area contributed by atoms with Crippen molar-refractivity contribution in [3.8, 4) is 0 Å². The smallest absolute Gasteiger partial charge is 0.417 e. The number of ether oxygens (including phenoxy) is 1. The van der Waals surface area contributed by atoms with Crippen molar-refractivity contribution >= 4 is 20.3 Å². The number of hydrogen-bond acceptors (Lipinski definition) is 4. The molecule has 0 aromatic heterocycles. The zero-order valence-corrected chi connectivity index (χ0v) is 20.2. The lowest BCUT2D eigenvalue weighted by Crippen LogP contribution is -2.48. The maximum atomic E-state index is 13.1. The molecule has 29 heavy (non-hydrogen) atoms. The highest BCUT2D eigenvalue weighted by Gasteiger charge is 2.46. The summed E-state index contributed by atoms with van der Waals surface area (Å²) in [6.07, 6.45) is 0.652. The summed E-state index contributed by atoms with van der Waals surface area (Å²) in [5.74, 6) is -0.398. The van der Waals surface area contributed by atoms with Crippen LogP contribution in [0.15, 0.2) is 30.3 Å². The van der Waals surface area contributed by atoms with Gasteiger partial charge in [-0.05, 0) is 57.3 Å². The van der Waals surface area contributed by atoms with Crippen LogP contribution in [0.5, 0.6) is 0 Å². The minimum atomic E-state index is -1.99. The van der Waals surface area contributed by atoms with E-state index in [1.54, 1.807) is 0 Å². The van der Waals surface area contributed by atoms with Crippen molar-refractivity contribution < 1.29 is 18.8 Å².